The molecule has 1 fully saturated rings. The van der Waals surface area contributed by atoms with Gasteiger partial charge < -0.3 is 51.3 Å². The number of rotatable bonds is 5. The fourth-order valence-electron chi connectivity index (χ4n) is 3.00. The fraction of sp³-hybridized carbons (Fsp3) is 0.615. The van der Waals surface area contributed by atoms with Crippen LogP contribution in [0.2, 0.25) is 0 Å². The summed E-state index contributed by atoms with van der Waals surface area (Å²) in [5.41, 5.74) is 1.93. The molecular weight excluding hydrogens is 402 g/mol. The van der Waals surface area contributed by atoms with E-state index in [1.165, 1.54) is 0 Å². The Kier molecular flexibility index (Phi) is 5.02. The highest BCUT2D eigenvalue weighted by atomic mass is 16.7. The summed E-state index contributed by atoms with van der Waals surface area (Å²) < 4.78 is 6.10. The number of hydrogen-bond acceptors (Lipinski definition) is 13. The minimum absolute atomic E-state index is 0.312. The molecule has 0 aliphatic carbocycles. The number of ether oxygens (including phenoxy) is 1. The van der Waals surface area contributed by atoms with Crippen molar-refractivity contribution in [1.29, 1.82) is 0 Å². The predicted octanol–water partition coefficient (Wildman–Crippen LogP) is -6.61. The lowest BCUT2D eigenvalue weighted by Crippen LogP contribution is -2.58. The maximum atomic E-state index is 12.9. The van der Waals surface area contributed by atoms with Crippen LogP contribution in [-0.4, -0.2) is 96.6 Å². The van der Waals surface area contributed by atoms with Crippen LogP contribution in [0.3, 0.4) is 0 Å². The number of nitrogens with zero attached hydrogens (tertiary/aromatic N) is 3. The second-order valence-electron chi connectivity index (χ2n) is 6.54. The molecule has 0 bridgehead atoms. The first-order valence-electron chi connectivity index (χ1n) is 8.05. The van der Waals surface area contributed by atoms with Gasteiger partial charge in [0.25, 0.3) is 11.3 Å². The molecule has 4 atom stereocenters. The maximum Gasteiger partial charge on any atom is 0.334 e. The molecule has 2 aromatic rings. The zero-order chi connectivity index (χ0) is 21.9. The molecule has 3 rings (SSSR count). The van der Waals surface area contributed by atoms with Gasteiger partial charge in [-0.05, 0) is 0 Å². The van der Waals surface area contributed by atoms with Crippen LogP contribution in [0.1, 0.15) is 6.23 Å². The van der Waals surface area contributed by atoms with Crippen molar-refractivity contribution >= 4 is 17.1 Å². The number of anilines is 1. The summed E-state index contributed by atoms with van der Waals surface area (Å²) in [7, 11) is 0. The van der Waals surface area contributed by atoms with Crippen molar-refractivity contribution < 1.29 is 45.6 Å². The first-order valence-corrected chi connectivity index (χ1v) is 8.05. The van der Waals surface area contributed by atoms with Gasteiger partial charge in [-0.15, -0.1) is 0 Å². The predicted molar refractivity (Wildman–Crippen MR) is 88.6 cm³/mol. The molecule has 0 aromatic carbocycles. The summed E-state index contributed by atoms with van der Waals surface area (Å²) in [6, 6.07) is 0. The number of aliphatic hydroxyl groups is 8. The topological polar surface area (TPSA) is 270 Å². The summed E-state index contributed by atoms with van der Waals surface area (Å²) in [5, 5.41) is 76.0. The van der Waals surface area contributed by atoms with Gasteiger partial charge in [0.2, 0.25) is 5.95 Å². The van der Waals surface area contributed by atoms with Crippen molar-refractivity contribution in [2.75, 3.05) is 12.3 Å². The van der Waals surface area contributed by atoms with E-state index in [9.17, 15) is 35.1 Å². The van der Waals surface area contributed by atoms with Crippen LogP contribution in [0, 0.1) is 0 Å². The first kappa shape index (κ1) is 21.3. The Labute approximate surface area is 158 Å². The normalized spacial score (nSPS) is 25.8. The highest BCUT2D eigenvalue weighted by Gasteiger charge is 2.49. The van der Waals surface area contributed by atoms with Gasteiger partial charge in [0.15, 0.2) is 17.4 Å². The summed E-state index contributed by atoms with van der Waals surface area (Å²) >= 11 is 0. The maximum absolute atomic E-state index is 12.9. The van der Waals surface area contributed by atoms with Crippen molar-refractivity contribution in [2.24, 2.45) is 0 Å². The van der Waals surface area contributed by atoms with Crippen LogP contribution in [0.4, 0.5) is 5.95 Å². The standard InChI is InChI=1S/C13H19N5O11/c14-10-15-7-4(8(22)16-10)17(2-12(24,25)13(26,27)28)11(23)18(7)9-6(21)5(20)3(1-19)29-9/h3,5-6,9,19-21,24-28H,1-2H2,(H3,14,15,16,22). The van der Waals surface area contributed by atoms with Gasteiger partial charge in [-0.25, -0.2) is 9.36 Å². The van der Waals surface area contributed by atoms with E-state index >= 15 is 0 Å². The third-order valence-electron chi connectivity index (χ3n) is 4.52. The van der Waals surface area contributed by atoms with Crippen LogP contribution in [0.15, 0.2) is 9.59 Å². The molecule has 0 spiro atoms. The lowest BCUT2D eigenvalue weighted by atomic mass is 10.1. The van der Waals surface area contributed by atoms with Gasteiger partial charge in [-0.1, -0.05) is 0 Å². The van der Waals surface area contributed by atoms with E-state index < -0.39 is 77.8 Å². The number of aliphatic hydroxyl groups excluding tert-OH is 3. The molecular formula is C13H19N5O11. The molecule has 0 saturated carbocycles. The smallest absolute Gasteiger partial charge is 0.334 e. The molecule has 3 heterocycles. The molecule has 16 heteroatoms. The molecule has 29 heavy (non-hydrogen) atoms. The number of imidazole rings is 1. The Morgan fingerprint density at radius 3 is 2.28 bits per heavy atom. The van der Waals surface area contributed by atoms with Crippen LogP contribution in [0.25, 0.3) is 11.2 Å². The van der Waals surface area contributed by atoms with Crippen LogP contribution in [0.5, 0.6) is 0 Å². The van der Waals surface area contributed by atoms with Crippen molar-refractivity contribution in [3.63, 3.8) is 0 Å². The van der Waals surface area contributed by atoms with Crippen LogP contribution >= 0.6 is 0 Å². The number of aromatic amines is 1. The monoisotopic (exact) mass is 421 g/mol. The molecule has 0 radical (unpaired) electrons. The van der Waals surface area contributed by atoms with Gasteiger partial charge >= 0.3 is 11.7 Å². The summed E-state index contributed by atoms with van der Waals surface area (Å²) in [6.45, 7) is -2.17. The lowest BCUT2D eigenvalue weighted by Gasteiger charge is -2.29. The summed E-state index contributed by atoms with van der Waals surface area (Å²) in [5.74, 6) is -8.29. The van der Waals surface area contributed by atoms with E-state index in [0.29, 0.717) is 9.13 Å². The molecule has 1 saturated heterocycles. The van der Waals surface area contributed by atoms with E-state index in [0.717, 1.165) is 0 Å². The van der Waals surface area contributed by atoms with Crippen LogP contribution < -0.4 is 17.0 Å². The number of H-pyrrole nitrogens is 1. The van der Waals surface area contributed by atoms with Crippen molar-refractivity contribution in [3.05, 3.63) is 20.8 Å². The van der Waals surface area contributed by atoms with E-state index in [1.54, 1.807) is 0 Å². The highest BCUT2D eigenvalue weighted by molar-refractivity contribution is 5.71. The lowest BCUT2D eigenvalue weighted by molar-refractivity contribution is -0.449. The third kappa shape index (κ3) is 3.31. The summed E-state index contributed by atoms with van der Waals surface area (Å²) in [6.07, 6.45) is -6.37. The zero-order valence-corrected chi connectivity index (χ0v) is 14.4. The zero-order valence-electron chi connectivity index (χ0n) is 14.4. The number of hydrogen-bond donors (Lipinski definition) is 10. The first-order chi connectivity index (χ1) is 13.3. The molecule has 162 valence electrons. The largest absolute Gasteiger partial charge is 0.394 e. The van der Waals surface area contributed by atoms with Gasteiger partial charge in [-0.3, -0.25) is 14.3 Å². The highest BCUT2D eigenvalue weighted by Crippen LogP contribution is 2.30. The molecule has 11 N–H and O–H groups in total. The van der Waals surface area contributed by atoms with Gasteiger partial charge in [-0.2, -0.15) is 4.98 Å². The minimum Gasteiger partial charge on any atom is -0.394 e. The van der Waals surface area contributed by atoms with Gasteiger partial charge in [0, 0.05) is 0 Å². The second-order valence-corrected chi connectivity index (χ2v) is 6.54. The number of nitrogens with one attached hydrogen (secondary N) is 1. The molecule has 1 aliphatic heterocycles. The minimum atomic E-state index is -4.09. The number of fused-ring (bicyclic) bond motifs is 1. The molecule has 0 amide bonds. The van der Waals surface area contributed by atoms with E-state index in [1.807, 2.05) is 4.98 Å². The number of nitrogen functional groups attached to an aromatic ring is 1. The number of nitrogens with two attached hydrogens (primary N) is 1. The SMILES string of the molecule is Nc1nc2c(c(=O)[nH]1)n(CC(O)(O)C(O)(O)O)c(=O)n2C1OC(CO)C(O)C1O. The Hall–Kier alpha value is -2.41. The Morgan fingerprint density at radius 2 is 1.76 bits per heavy atom. The van der Waals surface area contributed by atoms with Gasteiger partial charge in [0.1, 0.15) is 18.3 Å². The summed E-state index contributed by atoms with van der Waals surface area (Å²) in [4.78, 5) is 31.0. The third-order valence-corrected chi connectivity index (χ3v) is 4.52. The van der Waals surface area contributed by atoms with E-state index in [4.69, 9.17) is 25.8 Å². The Balaban J connectivity index is 2.27. The average Bonchev–Trinajstić information content (AvgIpc) is 3.01. The van der Waals surface area contributed by atoms with Gasteiger partial charge in [0.05, 0.1) is 13.2 Å². The molecule has 2 aromatic heterocycles. The molecule has 4 unspecified atom stereocenters. The number of aromatic nitrogens is 4. The quantitative estimate of drug-likeness (QED) is 0.201. The molecule has 16 nitrogen and oxygen atoms in total. The Bertz CT molecular complexity index is 1030. The van der Waals surface area contributed by atoms with Crippen LogP contribution in [-0.2, 0) is 11.3 Å². The second kappa shape index (κ2) is 6.83. The van der Waals surface area contributed by atoms with Crippen molar-refractivity contribution in [2.45, 2.75) is 42.8 Å². The van der Waals surface area contributed by atoms with E-state index in [-0.39, 0.29) is 0 Å². The van der Waals surface area contributed by atoms with Crippen molar-refractivity contribution in [1.82, 2.24) is 19.1 Å². The van der Waals surface area contributed by atoms with E-state index in [2.05, 4.69) is 4.98 Å². The molecule has 1 aliphatic rings. The fourth-order valence-corrected chi connectivity index (χ4v) is 3.00. The average molecular weight is 421 g/mol. The Morgan fingerprint density at radius 1 is 1.14 bits per heavy atom. The van der Waals surface area contributed by atoms with Crippen molar-refractivity contribution in [3.8, 4) is 0 Å².